The van der Waals surface area contributed by atoms with Crippen LogP contribution in [0.5, 0.6) is 0 Å². The van der Waals surface area contributed by atoms with Crippen molar-refractivity contribution in [3.63, 3.8) is 0 Å². The van der Waals surface area contributed by atoms with Gasteiger partial charge in [-0.3, -0.25) is 0 Å². The van der Waals surface area contributed by atoms with E-state index in [0.29, 0.717) is 0 Å². The number of hydrogen-bond donors (Lipinski definition) is 0. The number of carbonyl (C=O) groups excluding carboxylic acids is 2. The van der Waals surface area contributed by atoms with Crippen LogP contribution >= 0.6 is 0 Å². The zero-order valence-electron chi connectivity index (χ0n) is 36.5. The molecule has 0 saturated carbocycles. The summed E-state index contributed by atoms with van der Waals surface area (Å²) in [6, 6.07) is 0. The minimum absolute atomic E-state index is 0. The number of hydrogen-bond acceptors (Lipinski definition) is 6. The minimum Gasteiger partial charge on any atom is -0.550 e. The molecule has 0 aromatic carbocycles. The van der Waals surface area contributed by atoms with E-state index in [2.05, 4.69) is 37.5 Å². The van der Waals surface area contributed by atoms with Gasteiger partial charge in [-0.15, -0.1) is 0 Å². The Bertz CT molecular complexity index is 617. The molecule has 0 radical (unpaired) electrons. The van der Waals surface area contributed by atoms with E-state index in [9.17, 15) is 19.8 Å². The van der Waals surface area contributed by atoms with Crippen LogP contribution in [-0.4, -0.2) is 98.7 Å². The summed E-state index contributed by atoms with van der Waals surface area (Å²) in [5, 5.41) is 21.1. The van der Waals surface area contributed by atoms with Crippen molar-refractivity contribution in [2.75, 3.05) is 39.3 Å². The largest absolute Gasteiger partial charge is 2.00 e. The first-order chi connectivity index (χ1) is 25.4. The minimum atomic E-state index is -0.907. The second-order valence-corrected chi connectivity index (χ2v) is 15.8. The number of rotatable bonds is 42. The number of carbonyl (C=O) groups is 2. The maximum atomic E-state index is 10.6. The molecule has 0 aromatic heterocycles. The monoisotopic (exact) mass is 777 g/mol. The summed E-state index contributed by atoms with van der Waals surface area (Å²) in [5.74, 6) is -1.81. The third kappa shape index (κ3) is 52.1. The van der Waals surface area contributed by atoms with Gasteiger partial charge in [0.1, 0.15) is 0 Å². The molecule has 0 bridgehead atoms. The molecule has 7 heteroatoms. The smallest absolute Gasteiger partial charge is 0.550 e. The second kappa shape index (κ2) is 50.1. The van der Waals surface area contributed by atoms with Gasteiger partial charge in [0.15, 0.2) is 0 Å². The quantitative estimate of drug-likeness (QED) is 0.0453. The standard InChI is InChI=1S/2C23H47NO2.Ca/c2*1-3-5-7-9-11-13-16-20-24(22-18-15-19-23(25)26)21-17-14-12-10-8-6-4-2;/h2*3-22H2,1-2H3,(H,25,26);/q;;+2/p-2. The van der Waals surface area contributed by atoms with E-state index in [1.165, 1.54) is 206 Å². The van der Waals surface area contributed by atoms with Gasteiger partial charge >= 0.3 is 37.7 Å². The van der Waals surface area contributed by atoms with Crippen molar-refractivity contribution in [1.29, 1.82) is 0 Å². The van der Waals surface area contributed by atoms with Crippen molar-refractivity contribution >= 4 is 49.7 Å². The summed E-state index contributed by atoms with van der Waals surface area (Å²) in [4.78, 5) is 26.3. The number of unbranched alkanes of at least 4 members (excludes halogenated alkanes) is 26. The van der Waals surface area contributed by atoms with Crippen LogP contribution in [0.1, 0.15) is 246 Å². The van der Waals surface area contributed by atoms with E-state index < -0.39 is 11.9 Å². The summed E-state index contributed by atoms with van der Waals surface area (Å²) in [7, 11) is 0. The summed E-state index contributed by atoms with van der Waals surface area (Å²) in [5.41, 5.74) is 0. The molecule has 0 aliphatic rings. The zero-order valence-corrected chi connectivity index (χ0v) is 38.7. The molecular weight excluding hydrogens is 685 g/mol. The summed E-state index contributed by atoms with van der Waals surface area (Å²) >= 11 is 0. The van der Waals surface area contributed by atoms with Crippen LogP contribution in [0.25, 0.3) is 0 Å². The number of carboxylic acid groups (broad SMARTS) is 2. The Morgan fingerprint density at radius 3 is 0.660 bits per heavy atom. The number of carboxylic acids is 2. The van der Waals surface area contributed by atoms with Gasteiger partial charge in [-0.2, -0.15) is 0 Å². The average molecular weight is 777 g/mol. The third-order valence-electron chi connectivity index (χ3n) is 10.5. The maximum absolute atomic E-state index is 10.6. The molecule has 0 aliphatic heterocycles. The van der Waals surface area contributed by atoms with E-state index in [1.54, 1.807) is 0 Å². The van der Waals surface area contributed by atoms with E-state index in [4.69, 9.17) is 0 Å². The maximum Gasteiger partial charge on any atom is 2.00 e. The van der Waals surface area contributed by atoms with Crippen LogP contribution in [0.2, 0.25) is 0 Å². The van der Waals surface area contributed by atoms with Crippen molar-refractivity contribution in [3.05, 3.63) is 0 Å². The molecule has 0 aliphatic carbocycles. The van der Waals surface area contributed by atoms with Gasteiger partial charge in [-0.1, -0.05) is 182 Å². The van der Waals surface area contributed by atoms with Gasteiger partial charge in [0.05, 0.1) is 0 Å². The Labute approximate surface area is 362 Å². The van der Waals surface area contributed by atoms with Crippen molar-refractivity contribution in [2.24, 2.45) is 0 Å². The molecule has 0 N–H and O–H groups in total. The third-order valence-corrected chi connectivity index (χ3v) is 10.5. The Morgan fingerprint density at radius 1 is 0.302 bits per heavy atom. The molecule has 6 nitrogen and oxygen atoms in total. The van der Waals surface area contributed by atoms with Crippen LogP contribution in [-0.2, 0) is 9.59 Å². The fraction of sp³-hybridized carbons (Fsp3) is 0.957. The van der Waals surface area contributed by atoms with Crippen molar-refractivity contribution in [3.8, 4) is 0 Å². The zero-order chi connectivity index (χ0) is 38.6. The molecule has 0 rings (SSSR count). The summed E-state index contributed by atoms with van der Waals surface area (Å²) < 4.78 is 0. The first-order valence-corrected chi connectivity index (χ1v) is 23.2. The normalized spacial score (nSPS) is 11.1. The van der Waals surface area contributed by atoms with Crippen molar-refractivity contribution < 1.29 is 19.8 Å². The topological polar surface area (TPSA) is 86.7 Å². The van der Waals surface area contributed by atoms with Gasteiger partial charge in [0.25, 0.3) is 0 Å². The summed E-state index contributed by atoms with van der Waals surface area (Å²) in [6.07, 6.45) is 41.8. The fourth-order valence-corrected chi connectivity index (χ4v) is 7.05. The van der Waals surface area contributed by atoms with E-state index >= 15 is 0 Å². The summed E-state index contributed by atoms with van der Waals surface area (Å²) in [6.45, 7) is 15.9. The molecule has 0 saturated heterocycles. The molecular formula is C46H92CaN2O4. The average Bonchev–Trinajstić information content (AvgIpc) is 3.12. The Morgan fingerprint density at radius 2 is 0.472 bits per heavy atom. The van der Waals surface area contributed by atoms with Gasteiger partial charge in [-0.25, -0.2) is 0 Å². The van der Waals surface area contributed by atoms with Crippen molar-refractivity contribution in [1.82, 2.24) is 9.80 Å². The van der Waals surface area contributed by atoms with Crippen molar-refractivity contribution in [2.45, 2.75) is 246 Å². The van der Waals surface area contributed by atoms with E-state index in [-0.39, 0.29) is 50.6 Å². The molecule has 53 heavy (non-hydrogen) atoms. The molecule has 0 amide bonds. The second-order valence-electron chi connectivity index (χ2n) is 15.8. The molecule has 312 valence electrons. The van der Waals surface area contributed by atoms with Crippen LogP contribution < -0.4 is 10.2 Å². The number of aliphatic carboxylic acids is 2. The predicted molar refractivity (Wildman–Crippen MR) is 228 cm³/mol. The predicted octanol–water partition coefficient (Wildman–Crippen LogP) is 11.0. The SMILES string of the molecule is CCCCCCCCCN(CCCCCCCCC)CCCCC(=O)[O-].CCCCCCCCCN(CCCCCCCCC)CCCCC(=O)[O-].[Ca+2]. The molecule has 0 aromatic rings. The Hall–Kier alpha value is 0.120. The van der Waals surface area contributed by atoms with Crippen LogP contribution in [0, 0.1) is 0 Å². The van der Waals surface area contributed by atoms with E-state index in [0.717, 1.165) is 38.8 Å². The molecule has 0 atom stereocenters. The van der Waals surface area contributed by atoms with Crippen LogP contribution in [0.4, 0.5) is 0 Å². The first kappa shape index (κ1) is 57.4. The van der Waals surface area contributed by atoms with Gasteiger partial charge in [0, 0.05) is 11.9 Å². The van der Waals surface area contributed by atoms with Crippen LogP contribution in [0.15, 0.2) is 0 Å². The fourth-order valence-electron chi connectivity index (χ4n) is 7.05. The van der Waals surface area contributed by atoms with Gasteiger partial charge in [0.2, 0.25) is 0 Å². The number of nitrogens with zero attached hydrogens (tertiary/aromatic N) is 2. The molecule has 0 heterocycles. The van der Waals surface area contributed by atoms with Gasteiger partial charge < -0.3 is 29.6 Å². The van der Waals surface area contributed by atoms with E-state index in [1.807, 2.05) is 0 Å². The first-order valence-electron chi connectivity index (χ1n) is 23.2. The Kier molecular flexibility index (Phi) is 54.3. The Balaban J connectivity index is -0.000000926. The molecule has 0 unspecified atom stereocenters. The van der Waals surface area contributed by atoms with Crippen LogP contribution in [0.3, 0.4) is 0 Å². The molecule has 0 spiro atoms. The molecule has 0 fully saturated rings. The van der Waals surface area contributed by atoms with Gasteiger partial charge in [-0.05, 0) is 103 Å².